The molecule has 120 valence electrons. The summed E-state index contributed by atoms with van der Waals surface area (Å²) in [6, 6.07) is 1.62. The number of sulfonamides is 1. The molecule has 1 saturated carbocycles. The first-order chi connectivity index (χ1) is 9.98. The number of nitrogens with one attached hydrogen (secondary N) is 1. The van der Waals surface area contributed by atoms with E-state index in [1.807, 2.05) is 6.92 Å². The van der Waals surface area contributed by atoms with Crippen LogP contribution in [0.4, 0.5) is 0 Å². The number of nitrogens with zero attached hydrogens (tertiary/aromatic N) is 1. The molecule has 1 N–H and O–H groups in total. The summed E-state index contributed by atoms with van der Waals surface area (Å²) in [5.41, 5.74) is 0. The van der Waals surface area contributed by atoms with E-state index in [1.54, 1.807) is 10.4 Å². The minimum atomic E-state index is -3.48. The highest BCUT2D eigenvalue weighted by molar-refractivity contribution is 9.10. The lowest BCUT2D eigenvalue weighted by Gasteiger charge is -2.19. The van der Waals surface area contributed by atoms with Crippen molar-refractivity contribution in [3.8, 4) is 0 Å². The molecule has 1 aliphatic carbocycles. The van der Waals surface area contributed by atoms with Crippen LogP contribution in [0.1, 0.15) is 38.9 Å². The molecule has 1 fully saturated rings. The molecule has 1 aromatic rings. The van der Waals surface area contributed by atoms with E-state index in [2.05, 4.69) is 28.2 Å². The average Bonchev–Trinajstić information content (AvgIpc) is 3.18. The van der Waals surface area contributed by atoms with Crippen LogP contribution in [0.15, 0.2) is 20.0 Å². The number of halogens is 1. The van der Waals surface area contributed by atoms with Gasteiger partial charge < -0.3 is 9.73 Å². The Balaban J connectivity index is 2.14. The van der Waals surface area contributed by atoms with Crippen molar-refractivity contribution in [2.45, 2.75) is 44.6 Å². The van der Waals surface area contributed by atoms with Crippen molar-refractivity contribution in [1.29, 1.82) is 0 Å². The fraction of sp³-hybridized carbons (Fsp3) is 0.714. The first-order valence-electron chi connectivity index (χ1n) is 7.48. The van der Waals surface area contributed by atoms with E-state index in [0.29, 0.717) is 36.0 Å². The molecule has 21 heavy (non-hydrogen) atoms. The monoisotopic (exact) mass is 378 g/mol. The Morgan fingerprint density at radius 2 is 2.14 bits per heavy atom. The van der Waals surface area contributed by atoms with Gasteiger partial charge in [0.2, 0.25) is 10.0 Å². The topological polar surface area (TPSA) is 62.6 Å². The van der Waals surface area contributed by atoms with Crippen LogP contribution in [0.5, 0.6) is 0 Å². The van der Waals surface area contributed by atoms with Crippen LogP contribution < -0.4 is 5.32 Å². The highest BCUT2D eigenvalue weighted by atomic mass is 79.9. The molecule has 1 heterocycles. The summed E-state index contributed by atoms with van der Waals surface area (Å²) in [6.07, 6.45) is 3.29. The van der Waals surface area contributed by atoms with Gasteiger partial charge in [0.05, 0.1) is 6.54 Å². The normalized spacial score (nSPS) is 15.8. The third-order valence-electron chi connectivity index (χ3n) is 3.56. The van der Waals surface area contributed by atoms with Crippen LogP contribution in [0.3, 0.4) is 0 Å². The van der Waals surface area contributed by atoms with Crippen LogP contribution in [-0.2, 0) is 16.6 Å². The summed E-state index contributed by atoms with van der Waals surface area (Å²) in [5, 5.41) is 3.21. The van der Waals surface area contributed by atoms with E-state index in [4.69, 9.17) is 4.42 Å². The van der Waals surface area contributed by atoms with Crippen molar-refractivity contribution < 1.29 is 12.8 Å². The first-order valence-corrected chi connectivity index (χ1v) is 9.71. The Hall–Kier alpha value is -0.370. The van der Waals surface area contributed by atoms with Gasteiger partial charge in [-0.3, -0.25) is 0 Å². The number of hydrogen-bond donors (Lipinski definition) is 1. The minimum Gasteiger partial charge on any atom is -0.452 e. The second-order valence-electron chi connectivity index (χ2n) is 5.43. The van der Waals surface area contributed by atoms with Crippen molar-refractivity contribution >= 4 is 26.0 Å². The molecule has 0 spiro atoms. The minimum absolute atomic E-state index is 0.235. The second-order valence-corrected chi connectivity index (χ2v) is 8.05. The summed E-state index contributed by atoms with van der Waals surface area (Å²) in [4.78, 5) is 0.235. The molecular weight excluding hydrogens is 356 g/mol. The fourth-order valence-electron chi connectivity index (χ4n) is 2.17. The van der Waals surface area contributed by atoms with Gasteiger partial charge in [-0.1, -0.05) is 13.8 Å². The molecule has 0 unspecified atom stereocenters. The van der Waals surface area contributed by atoms with Gasteiger partial charge in [-0.25, -0.2) is 8.42 Å². The van der Waals surface area contributed by atoms with Gasteiger partial charge in [0, 0.05) is 19.2 Å². The summed E-state index contributed by atoms with van der Waals surface area (Å²) >= 11 is 3.24. The van der Waals surface area contributed by atoms with Crippen LogP contribution in [0, 0.1) is 5.92 Å². The molecule has 1 aliphatic rings. The Labute approximate surface area is 135 Å². The Morgan fingerprint density at radius 3 is 2.71 bits per heavy atom. The van der Waals surface area contributed by atoms with Crippen LogP contribution in [0.25, 0.3) is 0 Å². The van der Waals surface area contributed by atoms with Crippen LogP contribution in [0.2, 0.25) is 0 Å². The lowest BCUT2D eigenvalue weighted by Crippen LogP contribution is -2.32. The third kappa shape index (κ3) is 4.31. The average molecular weight is 379 g/mol. The van der Waals surface area contributed by atoms with E-state index in [9.17, 15) is 8.42 Å². The molecule has 0 radical (unpaired) electrons. The van der Waals surface area contributed by atoms with E-state index in [-0.39, 0.29) is 4.90 Å². The van der Waals surface area contributed by atoms with E-state index >= 15 is 0 Å². The van der Waals surface area contributed by atoms with Crippen molar-refractivity contribution in [1.82, 2.24) is 9.62 Å². The molecule has 0 saturated heterocycles. The van der Waals surface area contributed by atoms with Crippen molar-refractivity contribution in [3.63, 3.8) is 0 Å². The SMILES string of the molecule is CCCNCc1cc(S(=O)(=O)N(CC)CC2CC2)c(Br)o1. The molecule has 0 amide bonds. The number of hydrogen-bond acceptors (Lipinski definition) is 4. The number of rotatable bonds is 9. The lowest BCUT2D eigenvalue weighted by atomic mass is 10.4. The molecular formula is C14H23BrN2O3S. The highest BCUT2D eigenvalue weighted by Crippen LogP contribution is 2.34. The summed E-state index contributed by atoms with van der Waals surface area (Å²) < 4.78 is 32.8. The number of furan rings is 1. The Kier molecular flexibility index (Phi) is 5.88. The molecule has 0 aliphatic heterocycles. The zero-order valence-electron chi connectivity index (χ0n) is 12.6. The van der Waals surface area contributed by atoms with Crippen molar-refractivity contribution in [2.24, 2.45) is 5.92 Å². The maximum atomic E-state index is 12.7. The Morgan fingerprint density at radius 1 is 1.43 bits per heavy atom. The molecule has 7 heteroatoms. The molecule has 0 atom stereocenters. The fourth-order valence-corrected chi connectivity index (χ4v) is 4.66. The molecule has 5 nitrogen and oxygen atoms in total. The van der Waals surface area contributed by atoms with E-state index in [0.717, 1.165) is 25.8 Å². The van der Waals surface area contributed by atoms with Gasteiger partial charge in [-0.05, 0) is 47.7 Å². The van der Waals surface area contributed by atoms with Gasteiger partial charge in [0.15, 0.2) is 4.67 Å². The molecule has 2 rings (SSSR count). The van der Waals surface area contributed by atoms with Gasteiger partial charge in [0.1, 0.15) is 10.7 Å². The maximum absolute atomic E-state index is 12.7. The van der Waals surface area contributed by atoms with Crippen molar-refractivity contribution in [2.75, 3.05) is 19.6 Å². The molecule has 0 bridgehead atoms. The standard InChI is InChI=1S/C14H23BrN2O3S/c1-3-7-16-9-12-8-13(14(15)20-12)21(18,19)17(4-2)10-11-5-6-11/h8,11,16H,3-7,9-10H2,1-2H3. The van der Waals surface area contributed by atoms with Gasteiger partial charge in [-0.15, -0.1) is 0 Å². The summed E-state index contributed by atoms with van der Waals surface area (Å²) in [7, 11) is -3.48. The maximum Gasteiger partial charge on any atom is 0.247 e. The highest BCUT2D eigenvalue weighted by Gasteiger charge is 2.33. The van der Waals surface area contributed by atoms with E-state index < -0.39 is 10.0 Å². The van der Waals surface area contributed by atoms with Gasteiger partial charge in [0.25, 0.3) is 0 Å². The van der Waals surface area contributed by atoms with Gasteiger partial charge >= 0.3 is 0 Å². The molecule has 0 aromatic carbocycles. The smallest absolute Gasteiger partial charge is 0.247 e. The summed E-state index contributed by atoms with van der Waals surface area (Å²) in [6.45, 7) is 6.47. The van der Waals surface area contributed by atoms with Crippen LogP contribution >= 0.6 is 15.9 Å². The Bertz CT molecular complexity index is 567. The van der Waals surface area contributed by atoms with Crippen LogP contribution in [-0.4, -0.2) is 32.4 Å². The second kappa shape index (κ2) is 7.26. The van der Waals surface area contributed by atoms with E-state index in [1.165, 1.54) is 0 Å². The third-order valence-corrected chi connectivity index (χ3v) is 6.36. The summed E-state index contributed by atoms with van der Waals surface area (Å²) in [5.74, 6) is 1.16. The predicted molar refractivity (Wildman–Crippen MR) is 85.6 cm³/mol. The quantitative estimate of drug-likeness (QED) is 0.670. The zero-order chi connectivity index (χ0) is 15.5. The largest absolute Gasteiger partial charge is 0.452 e. The zero-order valence-corrected chi connectivity index (χ0v) is 15.0. The molecule has 1 aromatic heterocycles. The van der Waals surface area contributed by atoms with Gasteiger partial charge in [-0.2, -0.15) is 4.31 Å². The first kappa shape index (κ1) is 17.0. The lowest BCUT2D eigenvalue weighted by molar-refractivity contribution is 0.409. The predicted octanol–water partition coefficient (Wildman–Crippen LogP) is 2.96. The van der Waals surface area contributed by atoms with Crippen molar-refractivity contribution in [3.05, 3.63) is 16.5 Å².